The van der Waals surface area contributed by atoms with E-state index in [0.717, 1.165) is 13.0 Å². The molecule has 0 amide bonds. The van der Waals surface area contributed by atoms with E-state index in [2.05, 4.69) is 17.7 Å². The molecule has 0 unspecified atom stereocenters. The van der Waals surface area contributed by atoms with Crippen molar-refractivity contribution in [1.82, 2.24) is 0 Å². The highest BCUT2D eigenvalue weighted by Crippen LogP contribution is 1.78. The van der Waals surface area contributed by atoms with Crippen molar-refractivity contribution in [3.8, 4) is 0 Å². The van der Waals surface area contributed by atoms with Gasteiger partial charge in [0.1, 0.15) is 13.6 Å². The van der Waals surface area contributed by atoms with E-state index in [4.69, 9.17) is 0 Å². The average Bonchev–Trinajstić information content (AvgIpc) is 1.85. The van der Waals surface area contributed by atoms with Crippen molar-refractivity contribution in [1.29, 1.82) is 0 Å². The maximum Gasteiger partial charge on any atom is 0.162 e. The molecule has 0 aromatic heterocycles. The van der Waals surface area contributed by atoms with Crippen LogP contribution < -0.4 is 0 Å². The van der Waals surface area contributed by atoms with Crippen LogP contribution in [0.25, 0.3) is 0 Å². The molecule has 0 saturated heterocycles. The number of hydrogen-bond acceptors (Lipinski definition) is 0. The lowest BCUT2D eigenvalue weighted by molar-refractivity contribution is -0.490. The van der Waals surface area contributed by atoms with Crippen LogP contribution in [0.3, 0.4) is 0 Å². The van der Waals surface area contributed by atoms with Crippen molar-refractivity contribution in [2.24, 2.45) is 0 Å². The van der Waals surface area contributed by atoms with Gasteiger partial charge in [-0.05, 0) is 6.08 Å². The van der Waals surface area contributed by atoms with Crippen LogP contribution in [-0.2, 0) is 0 Å². The van der Waals surface area contributed by atoms with Gasteiger partial charge in [0, 0.05) is 6.42 Å². The van der Waals surface area contributed by atoms with E-state index in [-0.39, 0.29) is 0 Å². The van der Waals surface area contributed by atoms with Gasteiger partial charge in [-0.2, -0.15) is 0 Å². The third-order valence-electron chi connectivity index (χ3n) is 1.05. The summed E-state index contributed by atoms with van der Waals surface area (Å²) >= 11 is 0. The van der Waals surface area contributed by atoms with Crippen molar-refractivity contribution < 1.29 is 4.58 Å². The highest BCUT2D eigenvalue weighted by molar-refractivity contribution is 5.64. The Balaban J connectivity index is 3.47. The lowest BCUT2D eigenvalue weighted by Crippen LogP contribution is -2.06. The number of rotatable bonds is 4. The van der Waals surface area contributed by atoms with Gasteiger partial charge in [0.05, 0.1) is 0 Å². The van der Waals surface area contributed by atoms with Gasteiger partial charge in [-0.1, -0.05) is 12.7 Å². The second kappa shape index (κ2) is 5.29. The molecule has 0 aliphatic carbocycles. The van der Waals surface area contributed by atoms with Crippen LogP contribution in [0.4, 0.5) is 0 Å². The molecular weight excluding hydrogens is 110 g/mol. The fourth-order valence-electron chi connectivity index (χ4n) is 0.549. The summed E-state index contributed by atoms with van der Waals surface area (Å²) in [6.45, 7) is 8.24. The largest absolute Gasteiger partial charge is 0.238 e. The monoisotopic (exact) mass is 124 g/mol. The molecule has 0 aliphatic heterocycles. The molecule has 0 rings (SSSR count). The van der Waals surface area contributed by atoms with Crippen molar-refractivity contribution in [3.05, 3.63) is 25.3 Å². The highest BCUT2D eigenvalue weighted by Gasteiger charge is 1.87. The molecule has 9 heavy (non-hydrogen) atoms. The van der Waals surface area contributed by atoms with Crippen LogP contribution in [-0.4, -0.2) is 24.4 Å². The molecule has 0 fully saturated rings. The maximum atomic E-state index is 3.63. The van der Waals surface area contributed by atoms with Gasteiger partial charge < -0.3 is 0 Å². The minimum absolute atomic E-state index is 1.02. The summed E-state index contributed by atoms with van der Waals surface area (Å²) in [5, 5.41) is 0. The van der Waals surface area contributed by atoms with Crippen molar-refractivity contribution in [2.45, 2.75) is 6.42 Å². The topological polar surface area (TPSA) is 3.01 Å². The Morgan fingerprint density at radius 1 is 1.44 bits per heavy atom. The van der Waals surface area contributed by atoms with Crippen LogP contribution >= 0.6 is 0 Å². The second-order valence-corrected chi connectivity index (χ2v) is 1.94. The third kappa shape index (κ3) is 5.01. The minimum atomic E-state index is 1.02. The molecule has 0 bridgehead atoms. The molecule has 0 atom stereocenters. The first-order valence-corrected chi connectivity index (χ1v) is 3.08. The van der Waals surface area contributed by atoms with E-state index in [1.807, 2.05) is 19.3 Å². The zero-order valence-electron chi connectivity index (χ0n) is 6.01. The molecule has 0 spiro atoms. The van der Waals surface area contributed by atoms with Gasteiger partial charge in [-0.15, -0.1) is 6.58 Å². The first-order valence-electron chi connectivity index (χ1n) is 3.08. The quantitative estimate of drug-likeness (QED) is 0.303. The maximum absolute atomic E-state index is 3.63. The molecule has 0 aromatic carbocycles. The van der Waals surface area contributed by atoms with Gasteiger partial charge in [-0.25, -0.2) is 4.58 Å². The van der Waals surface area contributed by atoms with E-state index in [9.17, 15) is 0 Å². The summed E-state index contributed by atoms with van der Waals surface area (Å²) in [6, 6.07) is 0. The zero-order chi connectivity index (χ0) is 7.11. The lowest BCUT2D eigenvalue weighted by atomic mass is 10.4. The van der Waals surface area contributed by atoms with Crippen LogP contribution in [0, 0.1) is 0 Å². The van der Waals surface area contributed by atoms with Gasteiger partial charge in [-0.3, -0.25) is 0 Å². The van der Waals surface area contributed by atoms with Crippen molar-refractivity contribution >= 4 is 6.21 Å². The summed E-state index contributed by atoms with van der Waals surface area (Å²) in [5.41, 5.74) is 0. The first kappa shape index (κ1) is 8.15. The van der Waals surface area contributed by atoms with E-state index < -0.39 is 0 Å². The minimum Gasteiger partial charge on any atom is -0.238 e. The van der Waals surface area contributed by atoms with E-state index in [1.54, 1.807) is 6.08 Å². The molecule has 0 aliphatic rings. The highest BCUT2D eigenvalue weighted by atomic mass is 14.9. The Morgan fingerprint density at radius 2 is 2.11 bits per heavy atom. The molecule has 1 nitrogen and oxygen atoms in total. The smallest absolute Gasteiger partial charge is 0.162 e. The number of allylic oxidation sites excluding steroid dienone is 1. The normalized spacial score (nSPS) is 11.0. The fraction of sp³-hybridized carbons (Fsp3) is 0.375. The van der Waals surface area contributed by atoms with Crippen LogP contribution in [0.15, 0.2) is 25.3 Å². The zero-order valence-corrected chi connectivity index (χ0v) is 6.01. The number of nitrogens with zero attached hydrogens (tertiary/aromatic N) is 1. The molecule has 0 aromatic rings. The molecule has 0 saturated carbocycles. The summed E-state index contributed by atoms with van der Waals surface area (Å²) < 4.78 is 2.08. The average molecular weight is 124 g/mol. The van der Waals surface area contributed by atoms with Gasteiger partial charge >= 0.3 is 0 Å². The van der Waals surface area contributed by atoms with Crippen molar-refractivity contribution in [2.75, 3.05) is 13.6 Å². The van der Waals surface area contributed by atoms with E-state index in [0.29, 0.717) is 0 Å². The standard InChI is InChI=1S/C8H14N/c1-4-6-8-9(3)7-5-2/h4-5,7H,1-2,6,8H2,3H3/q+1/b9-7-. The predicted octanol–water partition coefficient (Wildman–Crippen LogP) is 1.46. The Kier molecular flexibility index (Phi) is 4.79. The molecule has 0 N–H and O–H groups in total. The Morgan fingerprint density at radius 3 is 2.56 bits per heavy atom. The summed E-state index contributed by atoms with van der Waals surface area (Å²) in [6.07, 6.45) is 6.67. The van der Waals surface area contributed by atoms with Crippen LogP contribution in [0.2, 0.25) is 0 Å². The lowest BCUT2D eigenvalue weighted by Gasteiger charge is -1.89. The third-order valence-corrected chi connectivity index (χ3v) is 1.05. The number of hydrogen-bond donors (Lipinski definition) is 0. The van der Waals surface area contributed by atoms with Crippen LogP contribution in [0.5, 0.6) is 0 Å². The molecule has 0 heterocycles. The van der Waals surface area contributed by atoms with E-state index >= 15 is 0 Å². The summed E-state index contributed by atoms with van der Waals surface area (Å²) in [4.78, 5) is 0. The van der Waals surface area contributed by atoms with Crippen molar-refractivity contribution in [3.63, 3.8) is 0 Å². The fourth-order valence-corrected chi connectivity index (χ4v) is 0.549. The first-order chi connectivity index (χ1) is 4.31. The van der Waals surface area contributed by atoms with Gasteiger partial charge in [0.15, 0.2) is 6.21 Å². The van der Waals surface area contributed by atoms with Gasteiger partial charge in [0.2, 0.25) is 0 Å². The summed E-state index contributed by atoms with van der Waals surface area (Å²) in [7, 11) is 2.02. The van der Waals surface area contributed by atoms with E-state index in [1.165, 1.54) is 0 Å². The molecule has 50 valence electrons. The molecular formula is C8H14N+. The predicted molar refractivity (Wildman–Crippen MR) is 42.1 cm³/mol. The Bertz CT molecular complexity index is 123. The Hall–Kier alpha value is -0.850. The summed E-state index contributed by atoms with van der Waals surface area (Å²) in [5.74, 6) is 0. The Labute approximate surface area is 57.0 Å². The van der Waals surface area contributed by atoms with Gasteiger partial charge in [0.25, 0.3) is 0 Å². The molecule has 1 heteroatoms. The second-order valence-electron chi connectivity index (χ2n) is 1.94. The van der Waals surface area contributed by atoms with Crippen LogP contribution in [0.1, 0.15) is 6.42 Å². The molecule has 0 radical (unpaired) electrons. The SMILES string of the molecule is C=C/C=[N+](/C)CCC=C.